The van der Waals surface area contributed by atoms with Crippen LogP contribution in [0.25, 0.3) is 11.1 Å². The van der Waals surface area contributed by atoms with Gasteiger partial charge in [-0.2, -0.15) is 0 Å². The molecule has 1 aliphatic heterocycles. The van der Waals surface area contributed by atoms with Crippen molar-refractivity contribution in [3.8, 4) is 11.1 Å². The Morgan fingerprint density at radius 3 is 2.33 bits per heavy atom. The molecule has 0 unspecified atom stereocenters. The summed E-state index contributed by atoms with van der Waals surface area (Å²) < 4.78 is 0. The van der Waals surface area contributed by atoms with Gasteiger partial charge < -0.3 is 15.7 Å². The number of carbonyl (C=O) groups is 1. The second kappa shape index (κ2) is 8.78. The van der Waals surface area contributed by atoms with E-state index in [9.17, 15) is 4.79 Å². The molecule has 3 aromatic rings. The van der Waals surface area contributed by atoms with Gasteiger partial charge >= 0.3 is 5.97 Å². The molecule has 1 heterocycles. The van der Waals surface area contributed by atoms with Gasteiger partial charge in [-0.1, -0.05) is 48.0 Å². The van der Waals surface area contributed by atoms with Crippen LogP contribution in [0.2, 0.25) is 5.02 Å². The van der Waals surface area contributed by atoms with E-state index >= 15 is 0 Å². The number of carboxylic acid groups (broad SMARTS) is 1. The smallest absolute Gasteiger partial charge is 0.335 e. The monoisotopic (exact) mass is 421 g/mol. The molecular weight excluding hydrogens is 398 g/mol. The van der Waals surface area contributed by atoms with Gasteiger partial charge in [-0.25, -0.2) is 4.79 Å². The normalized spacial score (nSPS) is 14.6. The van der Waals surface area contributed by atoms with E-state index in [1.165, 1.54) is 22.8 Å². The zero-order chi connectivity index (χ0) is 21.1. The topological polar surface area (TPSA) is 69.8 Å². The lowest BCUT2D eigenvalue weighted by Gasteiger charge is -2.37. The number of nitrogens with zero attached hydrogens (tertiary/aromatic N) is 2. The largest absolute Gasteiger partial charge is 0.478 e. The molecule has 154 valence electrons. The van der Waals surface area contributed by atoms with Crippen LogP contribution < -0.4 is 10.6 Å². The van der Waals surface area contributed by atoms with Crippen molar-refractivity contribution in [2.75, 3.05) is 36.8 Å². The fourth-order valence-electron chi connectivity index (χ4n) is 3.93. The number of hydrogen-bond acceptors (Lipinski definition) is 4. The summed E-state index contributed by atoms with van der Waals surface area (Å²) in [7, 11) is 0. The zero-order valence-corrected chi connectivity index (χ0v) is 17.3. The summed E-state index contributed by atoms with van der Waals surface area (Å²) in [4.78, 5) is 15.8. The number of halogens is 1. The Bertz CT molecular complexity index is 1040. The number of nitrogens with two attached hydrogens (primary N) is 1. The highest BCUT2D eigenvalue weighted by atomic mass is 35.5. The van der Waals surface area contributed by atoms with E-state index in [1.54, 1.807) is 6.07 Å². The van der Waals surface area contributed by atoms with Crippen LogP contribution in [0.4, 0.5) is 11.4 Å². The highest BCUT2D eigenvalue weighted by Crippen LogP contribution is 2.28. The molecule has 3 aromatic carbocycles. The number of anilines is 2. The van der Waals surface area contributed by atoms with Gasteiger partial charge in [0.05, 0.1) is 16.9 Å². The molecule has 0 bridgehead atoms. The van der Waals surface area contributed by atoms with Crippen LogP contribution >= 0.6 is 11.6 Å². The Morgan fingerprint density at radius 1 is 0.967 bits per heavy atom. The summed E-state index contributed by atoms with van der Waals surface area (Å²) in [5.74, 6) is -0.961. The number of hydrogen-bond donors (Lipinski definition) is 2. The van der Waals surface area contributed by atoms with E-state index in [-0.39, 0.29) is 5.56 Å². The molecular formula is C24H24ClN3O2. The van der Waals surface area contributed by atoms with Crippen LogP contribution in [0.5, 0.6) is 0 Å². The first-order valence-electron chi connectivity index (χ1n) is 9.95. The summed E-state index contributed by atoms with van der Waals surface area (Å²) >= 11 is 6.04. The summed E-state index contributed by atoms with van der Waals surface area (Å²) in [5.41, 5.74) is 11.4. The summed E-state index contributed by atoms with van der Waals surface area (Å²) in [5, 5.41) is 9.86. The highest BCUT2D eigenvalue weighted by Gasteiger charge is 2.20. The fraction of sp³-hybridized carbons (Fsp3) is 0.208. The van der Waals surface area contributed by atoms with Crippen LogP contribution in [0.1, 0.15) is 15.9 Å². The Morgan fingerprint density at radius 2 is 1.67 bits per heavy atom. The van der Waals surface area contributed by atoms with E-state index < -0.39 is 5.97 Å². The Kier molecular flexibility index (Phi) is 5.93. The predicted molar refractivity (Wildman–Crippen MR) is 122 cm³/mol. The summed E-state index contributed by atoms with van der Waals surface area (Å²) in [6.07, 6.45) is 0. The van der Waals surface area contributed by atoms with Crippen molar-refractivity contribution < 1.29 is 9.90 Å². The minimum absolute atomic E-state index is 0.216. The zero-order valence-electron chi connectivity index (χ0n) is 16.6. The standard InChI is InChI=1S/C24H24ClN3O2/c25-20-8-5-17(6-9-20)21-4-2-1-3-19(21)16-27-11-13-28(14-12-27)23-10-7-18(24(29)30)15-22(23)26/h1-10,15H,11-14,16,26H2,(H,29,30). The van der Waals surface area contributed by atoms with E-state index in [0.717, 1.165) is 43.4 Å². The fourth-order valence-corrected chi connectivity index (χ4v) is 4.06. The quantitative estimate of drug-likeness (QED) is 0.589. The third-order valence-electron chi connectivity index (χ3n) is 5.55. The van der Waals surface area contributed by atoms with Crippen molar-refractivity contribution in [2.24, 2.45) is 0 Å². The van der Waals surface area contributed by atoms with Crippen molar-refractivity contribution in [1.29, 1.82) is 0 Å². The lowest BCUT2D eigenvalue weighted by atomic mass is 9.99. The van der Waals surface area contributed by atoms with Gasteiger partial charge in [0.15, 0.2) is 0 Å². The molecule has 0 atom stereocenters. The molecule has 3 N–H and O–H groups in total. The molecule has 0 spiro atoms. The lowest BCUT2D eigenvalue weighted by molar-refractivity contribution is 0.0697. The molecule has 0 amide bonds. The molecule has 1 saturated heterocycles. The van der Waals surface area contributed by atoms with Gasteiger partial charge in [-0.3, -0.25) is 4.90 Å². The van der Waals surface area contributed by atoms with Crippen molar-refractivity contribution in [2.45, 2.75) is 6.54 Å². The molecule has 30 heavy (non-hydrogen) atoms. The first kappa shape index (κ1) is 20.3. The van der Waals surface area contributed by atoms with E-state index in [0.29, 0.717) is 5.69 Å². The van der Waals surface area contributed by atoms with Crippen LogP contribution in [0.3, 0.4) is 0 Å². The molecule has 0 radical (unpaired) electrons. The number of nitrogen functional groups attached to an aromatic ring is 1. The summed E-state index contributed by atoms with van der Waals surface area (Å²) in [6.45, 7) is 4.39. The maximum atomic E-state index is 11.1. The van der Waals surface area contributed by atoms with Gasteiger partial charge in [0.1, 0.15) is 0 Å². The van der Waals surface area contributed by atoms with Crippen molar-refractivity contribution >= 4 is 28.9 Å². The molecule has 0 saturated carbocycles. The minimum atomic E-state index is -0.961. The maximum absolute atomic E-state index is 11.1. The SMILES string of the molecule is Nc1cc(C(=O)O)ccc1N1CCN(Cc2ccccc2-c2ccc(Cl)cc2)CC1. The van der Waals surface area contributed by atoms with Crippen LogP contribution in [-0.4, -0.2) is 42.2 Å². The first-order valence-corrected chi connectivity index (χ1v) is 10.3. The van der Waals surface area contributed by atoms with Gasteiger partial charge in [0, 0.05) is 37.7 Å². The van der Waals surface area contributed by atoms with E-state index in [4.69, 9.17) is 22.4 Å². The molecule has 6 heteroatoms. The van der Waals surface area contributed by atoms with Gasteiger partial charge in [-0.15, -0.1) is 0 Å². The maximum Gasteiger partial charge on any atom is 0.335 e. The van der Waals surface area contributed by atoms with Crippen LogP contribution in [0, 0.1) is 0 Å². The van der Waals surface area contributed by atoms with E-state index in [1.807, 2.05) is 18.2 Å². The van der Waals surface area contributed by atoms with Crippen molar-refractivity contribution in [3.63, 3.8) is 0 Å². The predicted octanol–water partition coefficient (Wildman–Crippen LogP) is 4.61. The minimum Gasteiger partial charge on any atom is -0.478 e. The first-order chi connectivity index (χ1) is 14.5. The second-order valence-corrected chi connectivity index (χ2v) is 7.94. The van der Waals surface area contributed by atoms with Gasteiger partial charge in [0.25, 0.3) is 0 Å². The summed E-state index contributed by atoms with van der Waals surface area (Å²) in [6, 6.07) is 21.4. The molecule has 1 fully saturated rings. The van der Waals surface area contributed by atoms with E-state index in [2.05, 4.69) is 46.2 Å². The molecule has 0 aromatic heterocycles. The number of carboxylic acids is 1. The Balaban J connectivity index is 1.44. The van der Waals surface area contributed by atoms with Crippen LogP contribution in [-0.2, 0) is 6.54 Å². The number of benzene rings is 3. The average molecular weight is 422 g/mol. The number of rotatable bonds is 5. The highest BCUT2D eigenvalue weighted by molar-refractivity contribution is 6.30. The van der Waals surface area contributed by atoms with Crippen molar-refractivity contribution in [1.82, 2.24) is 4.90 Å². The molecule has 0 aliphatic carbocycles. The van der Waals surface area contributed by atoms with Gasteiger partial charge in [-0.05, 0) is 47.0 Å². The third-order valence-corrected chi connectivity index (χ3v) is 5.81. The number of aromatic carboxylic acids is 1. The lowest BCUT2D eigenvalue weighted by Crippen LogP contribution is -2.46. The number of piperazine rings is 1. The Hall–Kier alpha value is -3.02. The molecule has 1 aliphatic rings. The van der Waals surface area contributed by atoms with Crippen LogP contribution in [0.15, 0.2) is 66.7 Å². The molecule has 4 rings (SSSR count). The third kappa shape index (κ3) is 4.42. The van der Waals surface area contributed by atoms with Crippen molar-refractivity contribution in [3.05, 3.63) is 82.9 Å². The molecule has 5 nitrogen and oxygen atoms in total. The average Bonchev–Trinajstić information content (AvgIpc) is 2.75. The second-order valence-electron chi connectivity index (χ2n) is 7.51. The Labute approximate surface area is 181 Å². The van der Waals surface area contributed by atoms with Gasteiger partial charge in [0.2, 0.25) is 0 Å².